The molecule has 1 aromatic heterocycles. The summed E-state index contributed by atoms with van der Waals surface area (Å²) in [7, 11) is 0. The predicted molar refractivity (Wildman–Crippen MR) is 57.9 cm³/mol. The second kappa shape index (κ2) is 2.99. The first-order valence-electron chi connectivity index (χ1n) is 4.12. The van der Waals surface area contributed by atoms with Gasteiger partial charge >= 0.3 is 5.97 Å². The summed E-state index contributed by atoms with van der Waals surface area (Å²) in [5, 5.41) is 9.76. The number of carboxylic acids is 1. The maximum atomic E-state index is 10.8. The van der Waals surface area contributed by atoms with Crippen molar-refractivity contribution >= 4 is 33.1 Å². The number of benzene rings is 1. The van der Waals surface area contributed by atoms with E-state index in [1.165, 1.54) is 11.3 Å². The minimum atomic E-state index is -0.955. The summed E-state index contributed by atoms with van der Waals surface area (Å²) in [6, 6.07) is 5.71. The van der Waals surface area contributed by atoms with Crippen LogP contribution in [0.15, 0.2) is 18.2 Å². The first-order chi connectivity index (χ1) is 6.61. The Kier molecular flexibility index (Phi) is 1.93. The average Bonchev–Trinajstić information content (AvgIpc) is 2.45. The highest BCUT2D eigenvalue weighted by molar-refractivity contribution is 7.21. The van der Waals surface area contributed by atoms with Gasteiger partial charge in [0.2, 0.25) is 0 Å². The van der Waals surface area contributed by atoms with Gasteiger partial charge in [-0.2, -0.15) is 0 Å². The number of hydrogen-bond donors (Lipinski definition) is 2. The van der Waals surface area contributed by atoms with Crippen LogP contribution in [0.1, 0.15) is 15.2 Å². The lowest BCUT2D eigenvalue weighted by Gasteiger charge is -1.96. The van der Waals surface area contributed by atoms with Crippen molar-refractivity contribution < 1.29 is 9.90 Å². The first kappa shape index (κ1) is 9.02. The molecule has 0 aliphatic rings. The van der Waals surface area contributed by atoms with Crippen molar-refractivity contribution in [2.24, 2.45) is 0 Å². The molecule has 3 N–H and O–H groups in total. The standard InChI is InChI=1S/C10H9NO2S/c1-5-3-2-4-6-7(5)8(11)9(14-6)10(12)13/h2-4H,11H2,1H3,(H,12,13). The van der Waals surface area contributed by atoms with Gasteiger partial charge in [0, 0.05) is 10.1 Å². The van der Waals surface area contributed by atoms with E-state index in [4.69, 9.17) is 10.8 Å². The van der Waals surface area contributed by atoms with Gasteiger partial charge in [-0.05, 0) is 18.6 Å². The number of nitrogens with two attached hydrogens (primary N) is 1. The molecule has 1 aromatic carbocycles. The molecule has 14 heavy (non-hydrogen) atoms. The molecule has 0 spiro atoms. The molecule has 0 fully saturated rings. The highest BCUT2D eigenvalue weighted by atomic mass is 32.1. The molecule has 0 saturated heterocycles. The number of aryl methyl sites for hydroxylation is 1. The summed E-state index contributed by atoms with van der Waals surface area (Å²) in [6.45, 7) is 1.93. The number of aromatic carboxylic acids is 1. The van der Waals surface area contributed by atoms with E-state index in [1.807, 2.05) is 25.1 Å². The van der Waals surface area contributed by atoms with Gasteiger partial charge in [-0.15, -0.1) is 11.3 Å². The topological polar surface area (TPSA) is 63.3 Å². The van der Waals surface area contributed by atoms with E-state index in [1.54, 1.807) is 0 Å². The van der Waals surface area contributed by atoms with Gasteiger partial charge in [-0.25, -0.2) is 4.79 Å². The molecule has 0 radical (unpaired) electrons. The fraction of sp³-hybridized carbons (Fsp3) is 0.100. The minimum absolute atomic E-state index is 0.231. The van der Waals surface area contributed by atoms with Crippen LogP contribution in [0.25, 0.3) is 10.1 Å². The van der Waals surface area contributed by atoms with Crippen molar-refractivity contribution in [1.29, 1.82) is 0 Å². The molecule has 0 aliphatic carbocycles. The SMILES string of the molecule is Cc1cccc2sc(C(=O)O)c(N)c12. The molecule has 1 heterocycles. The summed E-state index contributed by atoms with van der Waals surface area (Å²) in [6.07, 6.45) is 0. The Labute approximate surface area is 84.8 Å². The Morgan fingerprint density at radius 1 is 1.50 bits per heavy atom. The molecule has 72 valence electrons. The lowest BCUT2D eigenvalue weighted by Crippen LogP contribution is -1.97. The molecule has 0 bridgehead atoms. The summed E-state index contributed by atoms with van der Waals surface area (Å²) in [5.41, 5.74) is 7.17. The van der Waals surface area contributed by atoms with Crippen LogP contribution in [0.5, 0.6) is 0 Å². The zero-order valence-corrected chi connectivity index (χ0v) is 8.39. The zero-order valence-electron chi connectivity index (χ0n) is 7.57. The summed E-state index contributed by atoms with van der Waals surface area (Å²) in [5.74, 6) is -0.955. The second-order valence-corrected chi connectivity index (χ2v) is 4.15. The monoisotopic (exact) mass is 207 g/mol. The van der Waals surface area contributed by atoms with Crippen LogP contribution in [-0.2, 0) is 0 Å². The van der Waals surface area contributed by atoms with Crippen LogP contribution in [0, 0.1) is 6.92 Å². The molecule has 4 heteroatoms. The van der Waals surface area contributed by atoms with Crippen molar-refractivity contribution in [2.45, 2.75) is 6.92 Å². The van der Waals surface area contributed by atoms with Gasteiger partial charge in [0.1, 0.15) is 4.88 Å². The van der Waals surface area contributed by atoms with Gasteiger partial charge in [-0.3, -0.25) is 0 Å². The lowest BCUT2D eigenvalue weighted by atomic mass is 10.1. The Morgan fingerprint density at radius 2 is 2.21 bits per heavy atom. The smallest absolute Gasteiger partial charge is 0.348 e. The summed E-state index contributed by atoms with van der Waals surface area (Å²) in [4.78, 5) is 11.1. The Morgan fingerprint density at radius 3 is 2.79 bits per heavy atom. The summed E-state index contributed by atoms with van der Waals surface area (Å²) >= 11 is 1.22. The van der Waals surface area contributed by atoms with E-state index in [0.717, 1.165) is 15.6 Å². The van der Waals surface area contributed by atoms with E-state index < -0.39 is 5.97 Å². The van der Waals surface area contributed by atoms with Crippen LogP contribution in [0.3, 0.4) is 0 Å². The quantitative estimate of drug-likeness (QED) is 0.755. The fourth-order valence-electron chi connectivity index (χ4n) is 1.51. The van der Waals surface area contributed by atoms with Crippen LogP contribution >= 0.6 is 11.3 Å². The van der Waals surface area contributed by atoms with Crippen molar-refractivity contribution in [3.05, 3.63) is 28.6 Å². The molecule has 2 rings (SSSR count). The molecular formula is C10H9NO2S. The molecular weight excluding hydrogens is 198 g/mol. The number of anilines is 1. The van der Waals surface area contributed by atoms with Crippen LogP contribution in [0.4, 0.5) is 5.69 Å². The molecule has 2 aromatic rings. The maximum absolute atomic E-state index is 10.8. The van der Waals surface area contributed by atoms with Gasteiger partial charge in [0.25, 0.3) is 0 Å². The number of thiophene rings is 1. The third-order valence-corrected chi connectivity index (χ3v) is 3.31. The lowest BCUT2D eigenvalue weighted by molar-refractivity contribution is 0.0703. The normalized spacial score (nSPS) is 10.6. The number of fused-ring (bicyclic) bond motifs is 1. The van der Waals surface area contributed by atoms with E-state index in [9.17, 15) is 4.79 Å². The van der Waals surface area contributed by atoms with Crippen LogP contribution < -0.4 is 5.73 Å². The zero-order chi connectivity index (χ0) is 10.3. The minimum Gasteiger partial charge on any atom is -0.477 e. The van der Waals surface area contributed by atoms with E-state index in [-0.39, 0.29) is 4.88 Å². The van der Waals surface area contributed by atoms with Crippen molar-refractivity contribution in [3.63, 3.8) is 0 Å². The van der Waals surface area contributed by atoms with E-state index in [2.05, 4.69) is 0 Å². The maximum Gasteiger partial charge on any atom is 0.348 e. The Hall–Kier alpha value is -1.55. The van der Waals surface area contributed by atoms with Gasteiger partial charge < -0.3 is 10.8 Å². The average molecular weight is 207 g/mol. The summed E-state index contributed by atoms with van der Waals surface area (Å²) < 4.78 is 0.930. The van der Waals surface area contributed by atoms with Gasteiger partial charge in [0.15, 0.2) is 0 Å². The molecule has 0 unspecified atom stereocenters. The molecule has 0 aliphatic heterocycles. The number of carbonyl (C=O) groups is 1. The highest BCUT2D eigenvalue weighted by Crippen LogP contribution is 2.35. The van der Waals surface area contributed by atoms with Gasteiger partial charge in [0.05, 0.1) is 5.69 Å². The number of rotatable bonds is 1. The van der Waals surface area contributed by atoms with Crippen LogP contribution in [0.2, 0.25) is 0 Å². The third kappa shape index (κ3) is 1.15. The second-order valence-electron chi connectivity index (χ2n) is 3.10. The van der Waals surface area contributed by atoms with E-state index in [0.29, 0.717) is 5.69 Å². The number of carboxylic acid groups (broad SMARTS) is 1. The molecule has 3 nitrogen and oxygen atoms in total. The Balaban J connectivity index is 2.87. The van der Waals surface area contributed by atoms with Crippen molar-refractivity contribution in [2.75, 3.05) is 5.73 Å². The fourth-order valence-corrected chi connectivity index (χ4v) is 2.55. The van der Waals surface area contributed by atoms with Crippen LogP contribution in [-0.4, -0.2) is 11.1 Å². The molecule has 0 saturated carbocycles. The predicted octanol–water partition coefficient (Wildman–Crippen LogP) is 2.49. The molecule has 0 amide bonds. The Bertz CT molecular complexity index is 516. The van der Waals surface area contributed by atoms with Crippen molar-refractivity contribution in [3.8, 4) is 0 Å². The number of hydrogen-bond acceptors (Lipinski definition) is 3. The number of nitrogen functional groups attached to an aromatic ring is 1. The molecule has 0 atom stereocenters. The van der Waals surface area contributed by atoms with Gasteiger partial charge in [-0.1, -0.05) is 12.1 Å². The highest BCUT2D eigenvalue weighted by Gasteiger charge is 2.15. The van der Waals surface area contributed by atoms with Crippen molar-refractivity contribution in [1.82, 2.24) is 0 Å². The van der Waals surface area contributed by atoms with E-state index >= 15 is 0 Å². The third-order valence-electron chi connectivity index (χ3n) is 2.15. The largest absolute Gasteiger partial charge is 0.477 e. The first-order valence-corrected chi connectivity index (χ1v) is 4.94.